The second kappa shape index (κ2) is 3.50. The largest absolute Gasteiger partial charge is 0.0654 e. The average Bonchev–Trinajstić information content (AvgIpc) is 3.12. The molecule has 4 unspecified atom stereocenters. The van der Waals surface area contributed by atoms with E-state index in [1.54, 1.807) is 12.8 Å². The van der Waals surface area contributed by atoms with Crippen LogP contribution < -0.4 is 0 Å². The van der Waals surface area contributed by atoms with Crippen LogP contribution in [0.15, 0.2) is 0 Å². The van der Waals surface area contributed by atoms with E-state index in [4.69, 9.17) is 0 Å². The molecule has 92 valence electrons. The molecule has 0 heteroatoms. The fourth-order valence-corrected chi connectivity index (χ4v) is 5.03. The minimum atomic E-state index is 0.912. The standard InChI is InChI=1S/C16H28/c1-5-7-11(10(3)4)8-12-9-16(12)14-13(6-2)15(14)16/h10-15H,5-9H2,1-4H3. The third kappa shape index (κ3) is 1.34. The predicted molar refractivity (Wildman–Crippen MR) is 69.2 cm³/mol. The van der Waals surface area contributed by atoms with E-state index in [1.165, 1.54) is 37.0 Å². The normalized spacial score (nSPS) is 49.3. The van der Waals surface area contributed by atoms with Gasteiger partial charge in [0, 0.05) is 0 Å². The Balaban J connectivity index is 1.48. The van der Waals surface area contributed by atoms with Crippen LogP contribution in [0.5, 0.6) is 0 Å². The minimum Gasteiger partial charge on any atom is -0.0654 e. The molecular weight excluding hydrogens is 192 g/mol. The summed E-state index contributed by atoms with van der Waals surface area (Å²) in [6.07, 6.45) is 7.50. The van der Waals surface area contributed by atoms with Gasteiger partial charge in [-0.25, -0.2) is 0 Å². The first-order chi connectivity index (χ1) is 7.66. The number of rotatable bonds is 6. The quantitative estimate of drug-likeness (QED) is 0.606. The van der Waals surface area contributed by atoms with Gasteiger partial charge in [-0.1, -0.05) is 47.0 Å². The summed E-state index contributed by atoms with van der Waals surface area (Å²) >= 11 is 0. The van der Waals surface area contributed by atoms with Gasteiger partial charge in [-0.05, 0) is 53.8 Å². The Bertz CT molecular complexity index is 268. The molecule has 0 saturated heterocycles. The Labute approximate surface area is 101 Å². The molecule has 0 N–H and O–H groups in total. The van der Waals surface area contributed by atoms with E-state index in [9.17, 15) is 0 Å². The van der Waals surface area contributed by atoms with Crippen LogP contribution in [-0.2, 0) is 0 Å². The third-order valence-electron chi connectivity index (χ3n) is 6.16. The molecule has 1 spiro atoms. The van der Waals surface area contributed by atoms with Crippen LogP contribution >= 0.6 is 0 Å². The van der Waals surface area contributed by atoms with Crippen LogP contribution in [-0.4, -0.2) is 0 Å². The highest BCUT2D eigenvalue weighted by Crippen LogP contribution is 2.95. The van der Waals surface area contributed by atoms with Gasteiger partial charge in [-0.3, -0.25) is 0 Å². The smallest absolute Gasteiger partial charge is 0.0198 e. The van der Waals surface area contributed by atoms with Crippen molar-refractivity contribution in [3.05, 3.63) is 0 Å². The predicted octanol–water partition coefficient (Wildman–Crippen LogP) is 4.74. The van der Waals surface area contributed by atoms with Gasteiger partial charge in [-0.2, -0.15) is 0 Å². The molecule has 0 aromatic heterocycles. The summed E-state index contributed by atoms with van der Waals surface area (Å²) in [6.45, 7) is 9.59. The number of hydrogen-bond acceptors (Lipinski definition) is 0. The van der Waals surface area contributed by atoms with Crippen molar-refractivity contribution in [3.63, 3.8) is 0 Å². The van der Waals surface area contributed by atoms with Crippen molar-refractivity contribution in [3.8, 4) is 0 Å². The van der Waals surface area contributed by atoms with Gasteiger partial charge in [0.2, 0.25) is 0 Å². The number of fused-ring (bicyclic) bond motifs is 3. The lowest BCUT2D eigenvalue weighted by Gasteiger charge is -2.21. The zero-order chi connectivity index (χ0) is 11.5. The van der Waals surface area contributed by atoms with E-state index in [0.29, 0.717) is 0 Å². The van der Waals surface area contributed by atoms with Gasteiger partial charge in [0.05, 0.1) is 0 Å². The summed E-state index contributed by atoms with van der Waals surface area (Å²) in [6, 6.07) is 0. The second-order valence-electron chi connectivity index (χ2n) is 7.17. The van der Waals surface area contributed by atoms with Gasteiger partial charge in [0.1, 0.15) is 0 Å². The first kappa shape index (κ1) is 11.1. The van der Waals surface area contributed by atoms with Crippen LogP contribution in [0.4, 0.5) is 0 Å². The first-order valence-electron chi connectivity index (χ1n) is 7.66. The van der Waals surface area contributed by atoms with E-state index < -0.39 is 0 Å². The van der Waals surface area contributed by atoms with Crippen molar-refractivity contribution in [1.82, 2.24) is 0 Å². The molecular formula is C16H28. The summed E-state index contributed by atoms with van der Waals surface area (Å²) in [5, 5.41) is 0. The van der Waals surface area contributed by atoms with Crippen molar-refractivity contribution in [1.29, 1.82) is 0 Å². The molecule has 4 atom stereocenters. The minimum absolute atomic E-state index is 0.912. The second-order valence-corrected chi connectivity index (χ2v) is 7.17. The summed E-state index contributed by atoms with van der Waals surface area (Å²) in [5.41, 5.74) is 0.960. The molecule has 0 bridgehead atoms. The zero-order valence-electron chi connectivity index (χ0n) is 11.5. The molecule has 0 radical (unpaired) electrons. The van der Waals surface area contributed by atoms with E-state index in [2.05, 4.69) is 27.7 Å². The summed E-state index contributed by atoms with van der Waals surface area (Å²) in [4.78, 5) is 0. The van der Waals surface area contributed by atoms with Gasteiger partial charge >= 0.3 is 0 Å². The van der Waals surface area contributed by atoms with Crippen molar-refractivity contribution in [2.45, 2.75) is 59.8 Å². The molecule has 16 heavy (non-hydrogen) atoms. The summed E-state index contributed by atoms with van der Waals surface area (Å²) < 4.78 is 0. The Kier molecular flexibility index (Phi) is 2.43. The Morgan fingerprint density at radius 2 is 1.88 bits per heavy atom. The van der Waals surface area contributed by atoms with Crippen molar-refractivity contribution in [2.24, 2.45) is 40.9 Å². The Morgan fingerprint density at radius 1 is 1.19 bits per heavy atom. The van der Waals surface area contributed by atoms with E-state index in [-0.39, 0.29) is 0 Å². The van der Waals surface area contributed by atoms with Gasteiger partial charge < -0.3 is 0 Å². The van der Waals surface area contributed by atoms with Crippen molar-refractivity contribution < 1.29 is 0 Å². The van der Waals surface area contributed by atoms with E-state index in [1.807, 2.05) is 0 Å². The maximum atomic E-state index is 2.43. The lowest BCUT2D eigenvalue weighted by molar-refractivity contribution is 0.293. The first-order valence-corrected chi connectivity index (χ1v) is 7.66. The summed E-state index contributed by atoms with van der Waals surface area (Å²) in [7, 11) is 0. The van der Waals surface area contributed by atoms with Gasteiger partial charge in [0.15, 0.2) is 0 Å². The monoisotopic (exact) mass is 220 g/mol. The SMILES string of the molecule is CCCC(CC1CC12C1C(CC)C12)C(C)C. The van der Waals surface area contributed by atoms with Crippen LogP contribution in [0, 0.1) is 40.9 Å². The van der Waals surface area contributed by atoms with Crippen LogP contribution in [0.1, 0.15) is 59.8 Å². The molecule has 0 amide bonds. The molecule has 0 aliphatic heterocycles. The highest BCUT2D eigenvalue weighted by atomic mass is 14.9. The Hall–Kier alpha value is 0. The molecule has 3 fully saturated rings. The molecule has 0 nitrogen and oxygen atoms in total. The van der Waals surface area contributed by atoms with Gasteiger partial charge in [-0.15, -0.1) is 0 Å². The maximum Gasteiger partial charge on any atom is -0.0198 e. The highest BCUT2D eigenvalue weighted by Gasteiger charge is 2.90. The molecule has 3 rings (SSSR count). The van der Waals surface area contributed by atoms with Gasteiger partial charge in [0.25, 0.3) is 0 Å². The van der Waals surface area contributed by atoms with E-state index in [0.717, 1.165) is 23.2 Å². The molecule has 3 aliphatic rings. The highest BCUT2D eigenvalue weighted by molar-refractivity contribution is 5.37. The lowest BCUT2D eigenvalue weighted by Crippen LogP contribution is -2.12. The molecule has 0 heterocycles. The molecule has 3 aliphatic carbocycles. The lowest BCUT2D eigenvalue weighted by atomic mass is 9.85. The average molecular weight is 220 g/mol. The van der Waals surface area contributed by atoms with Crippen LogP contribution in [0.2, 0.25) is 0 Å². The Morgan fingerprint density at radius 3 is 2.38 bits per heavy atom. The maximum absolute atomic E-state index is 2.43. The van der Waals surface area contributed by atoms with E-state index >= 15 is 0 Å². The zero-order valence-corrected chi connectivity index (χ0v) is 11.5. The molecule has 0 aromatic rings. The molecule has 3 saturated carbocycles. The van der Waals surface area contributed by atoms with Crippen molar-refractivity contribution >= 4 is 0 Å². The third-order valence-corrected chi connectivity index (χ3v) is 6.16. The number of hydrogen-bond donors (Lipinski definition) is 0. The van der Waals surface area contributed by atoms with Crippen LogP contribution in [0.25, 0.3) is 0 Å². The van der Waals surface area contributed by atoms with Crippen LogP contribution in [0.3, 0.4) is 0 Å². The fraction of sp³-hybridized carbons (Fsp3) is 1.00. The van der Waals surface area contributed by atoms with Crippen molar-refractivity contribution in [2.75, 3.05) is 0 Å². The topological polar surface area (TPSA) is 0 Å². The fourth-order valence-electron chi connectivity index (χ4n) is 5.03. The molecule has 0 aromatic carbocycles. The summed E-state index contributed by atoms with van der Waals surface area (Å²) in [5.74, 6) is 6.70.